The summed E-state index contributed by atoms with van der Waals surface area (Å²) in [6.45, 7) is 4.89. The van der Waals surface area contributed by atoms with Crippen LogP contribution in [0.4, 0.5) is 0 Å². The lowest BCUT2D eigenvalue weighted by molar-refractivity contribution is 1.01. The zero-order valence-corrected chi connectivity index (χ0v) is 20.0. The van der Waals surface area contributed by atoms with Crippen LogP contribution in [0.3, 0.4) is 0 Å². The molecule has 0 bridgehead atoms. The average Bonchev–Trinajstić information content (AvgIpc) is 3.31. The van der Waals surface area contributed by atoms with Gasteiger partial charge in [-0.3, -0.25) is 4.99 Å². The van der Waals surface area contributed by atoms with Crippen molar-refractivity contribution < 1.29 is 0 Å². The van der Waals surface area contributed by atoms with Crippen LogP contribution in [0.2, 0.25) is 0 Å². The van der Waals surface area contributed by atoms with Gasteiger partial charge in [-0.2, -0.15) is 0 Å². The van der Waals surface area contributed by atoms with E-state index in [2.05, 4.69) is 133 Å². The van der Waals surface area contributed by atoms with Gasteiger partial charge in [-0.1, -0.05) is 96.6 Å². The summed E-state index contributed by atoms with van der Waals surface area (Å²) in [5.74, 6) is 0.912. The van der Waals surface area contributed by atoms with Gasteiger partial charge in [0.15, 0.2) is 0 Å². The van der Waals surface area contributed by atoms with Gasteiger partial charge in [0, 0.05) is 17.1 Å². The zero-order valence-electron chi connectivity index (χ0n) is 20.0. The van der Waals surface area contributed by atoms with Crippen molar-refractivity contribution >= 4 is 22.4 Å². The number of fused-ring (bicyclic) bond motifs is 1. The van der Waals surface area contributed by atoms with Crippen molar-refractivity contribution in [2.45, 2.75) is 13.8 Å². The van der Waals surface area contributed by atoms with Crippen molar-refractivity contribution in [2.24, 2.45) is 4.99 Å². The van der Waals surface area contributed by atoms with Crippen LogP contribution >= 0.6 is 0 Å². The molecule has 0 spiro atoms. The Kier molecular flexibility index (Phi) is 5.31. The molecule has 1 aliphatic rings. The average molecular weight is 454 g/mol. The maximum Gasteiger partial charge on any atom is 0.132 e. The molecule has 0 atom stereocenters. The Bertz CT molecular complexity index is 1570. The largest absolute Gasteiger partial charge is 0.345 e. The van der Waals surface area contributed by atoms with E-state index in [0.29, 0.717) is 6.54 Å². The summed E-state index contributed by atoms with van der Waals surface area (Å²) in [5.41, 5.74) is 10.8. The topological polar surface area (TPSA) is 29.3 Å². The van der Waals surface area contributed by atoms with Crippen LogP contribution in [0.1, 0.15) is 16.7 Å². The maximum atomic E-state index is 4.90. The Morgan fingerprint density at radius 3 is 2.09 bits per heavy atom. The van der Waals surface area contributed by atoms with Crippen LogP contribution in [0.25, 0.3) is 39.0 Å². The van der Waals surface area contributed by atoms with Crippen molar-refractivity contribution in [1.82, 2.24) is 9.88 Å². The van der Waals surface area contributed by atoms with E-state index < -0.39 is 0 Å². The molecular formula is C32H27N3. The van der Waals surface area contributed by atoms with E-state index in [1.807, 2.05) is 0 Å². The second kappa shape index (κ2) is 8.77. The van der Waals surface area contributed by atoms with Gasteiger partial charge in [0.05, 0.1) is 23.5 Å². The smallest absolute Gasteiger partial charge is 0.132 e. The Labute approximate surface area is 206 Å². The van der Waals surface area contributed by atoms with E-state index >= 15 is 0 Å². The van der Waals surface area contributed by atoms with Gasteiger partial charge in [-0.25, -0.2) is 0 Å². The van der Waals surface area contributed by atoms with E-state index in [4.69, 9.17) is 4.99 Å². The van der Waals surface area contributed by atoms with E-state index in [9.17, 15) is 0 Å². The molecule has 0 saturated carbocycles. The molecule has 2 heterocycles. The Balaban J connectivity index is 1.40. The minimum absolute atomic E-state index is 0.614. The number of nitrogens with one attached hydrogen (secondary N) is 1. The minimum Gasteiger partial charge on any atom is -0.345 e. The molecule has 5 aromatic rings. The normalized spacial score (nSPS) is 13.3. The number of rotatable bonds is 4. The molecule has 3 heteroatoms. The second-order valence-electron chi connectivity index (χ2n) is 9.13. The van der Waals surface area contributed by atoms with Gasteiger partial charge in [0.2, 0.25) is 0 Å². The molecule has 0 unspecified atom stereocenters. The van der Waals surface area contributed by atoms with E-state index in [1.165, 1.54) is 44.4 Å². The van der Waals surface area contributed by atoms with Crippen molar-refractivity contribution in [1.29, 1.82) is 0 Å². The number of hydrogen-bond donors (Lipinski definition) is 1. The van der Waals surface area contributed by atoms with Gasteiger partial charge >= 0.3 is 0 Å². The first-order valence-electron chi connectivity index (χ1n) is 12.0. The highest BCUT2D eigenvalue weighted by Gasteiger charge is 2.18. The molecule has 0 amide bonds. The molecule has 1 aromatic heterocycles. The fourth-order valence-electron chi connectivity index (χ4n) is 4.79. The number of aliphatic imine (C=N–C) groups is 1. The van der Waals surface area contributed by atoms with Gasteiger partial charge < -0.3 is 9.88 Å². The first-order chi connectivity index (χ1) is 17.2. The van der Waals surface area contributed by atoms with Crippen LogP contribution in [0, 0.1) is 13.8 Å². The quantitative estimate of drug-likeness (QED) is 0.301. The van der Waals surface area contributed by atoms with E-state index in [1.54, 1.807) is 0 Å². The number of nitrogens with zero attached hydrogens (tertiary/aromatic N) is 2. The summed E-state index contributed by atoms with van der Waals surface area (Å²) >= 11 is 0. The molecule has 35 heavy (non-hydrogen) atoms. The number of aryl methyl sites for hydroxylation is 2. The molecular weight excluding hydrogens is 426 g/mol. The fourth-order valence-corrected chi connectivity index (χ4v) is 4.79. The van der Waals surface area contributed by atoms with Crippen LogP contribution in [0.5, 0.6) is 0 Å². The van der Waals surface area contributed by atoms with Crippen LogP contribution in [-0.2, 0) is 0 Å². The molecule has 0 radical (unpaired) electrons. The van der Waals surface area contributed by atoms with Crippen LogP contribution < -0.4 is 5.32 Å². The van der Waals surface area contributed by atoms with Crippen molar-refractivity contribution in [3.63, 3.8) is 0 Å². The lowest BCUT2D eigenvalue weighted by Crippen LogP contribution is -2.25. The summed E-state index contributed by atoms with van der Waals surface area (Å²) in [5, 5.41) is 4.72. The molecule has 0 fully saturated rings. The maximum absolute atomic E-state index is 4.90. The summed E-state index contributed by atoms with van der Waals surface area (Å²) < 4.78 is 2.35. The molecule has 0 aliphatic carbocycles. The standard InChI is InChI=1S/C32H27N3/c1-22-11-13-27(14-12-22)32-33-20-28(21-34-32)35-30-10-6-7-23(2)29(30)19-31(35)26-17-15-25(16-18-26)24-8-4-3-5-9-24/h3-20H,21H2,1-2H3,(H,33,34). The van der Waals surface area contributed by atoms with Crippen LogP contribution in [0.15, 0.2) is 114 Å². The summed E-state index contributed by atoms with van der Waals surface area (Å²) in [7, 11) is 0. The monoisotopic (exact) mass is 453 g/mol. The molecule has 3 nitrogen and oxygen atoms in total. The Morgan fingerprint density at radius 2 is 1.37 bits per heavy atom. The third-order valence-corrected chi connectivity index (χ3v) is 6.74. The first-order valence-corrected chi connectivity index (χ1v) is 12.0. The summed E-state index contributed by atoms with van der Waals surface area (Å²) in [4.78, 5) is 4.90. The lowest BCUT2D eigenvalue weighted by Gasteiger charge is -2.19. The van der Waals surface area contributed by atoms with Crippen molar-refractivity contribution in [3.8, 4) is 22.4 Å². The summed E-state index contributed by atoms with van der Waals surface area (Å²) in [6, 6.07) is 36.7. The number of amidine groups is 1. The van der Waals surface area contributed by atoms with Crippen molar-refractivity contribution in [3.05, 3.63) is 126 Å². The molecule has 0 saturated heterocycles. The summed E-state index contributed by atoms with van der Waals surface area (Å²) in [6.07, 6.45) is 2.10. The molecule has 1 aliphatic heterocycles. The third-order valence-electron chi connectivity index (χ3n) is 6.74. The van der Waals surface area contributed by atoms with Gasteiger partial charge in [-0.15, -0.1) is 0 Å². The number of hydrogen-bond acceptors (Lipinski definition) is 2. The highest BCUT2D eigenvalue weighted by Crippen LogP contribution is 2.34. The number of benzene rings is 4. The third kappa shape index (κ3) is 3.95. The Morgan fingerprint density at radius 1 is 0.686 bits per heavy atom. The van der Waals surface area contributed by atoms with Gasteiger partial charge in [0.1, 0.15) is 5.84 Å². The predicted molar refractivity (Wildman–Crippen MR) is 148 cm³/mol. The molecule has 4 aromatic carbocycles. The molecule has 170 valence electrons. The lowest BCUT2D eigenvalue weighted by atomic mass is 10.0. The fraction of sp³-hybridized carbons (Fsp3) is 0.0938. The molecule has 1 N–H and O–H groups in total. The predicted octanol–water partition coefficient (Wildman–Crippen LogP) is 7.44. The van der Waals surface area contributed by atoms with E-state index in [0.717, 1.165) is 17.1 Å². The first kappa shape index (κ1) is 21.2. The van der Waals surface area contributed by atoms with E-state index in [-0.39, 0.29) is 0 Å². The number of aromatic nitrogens is 1. The highest BCUT2D eigenvalue weighted by molar-refractivity contribution is 6.02. The van der Waals surface area contributed by atoms with Gasteiger partial charge in [0.25, 0.3) is 0 Å². The van der Waals surface area contributed by atoms with Crippen molar-refractivity contribution in [2.75, 3.05) is 6.54 Å². The molecule has 6 rings (SSSR count). The Hall–Kier alpha value is -4.37. The highest BCUT2D eigenvalue weighted by atomic mass is 15.1. The van der Waals surface area contributed by atoms with Crippen LogP contribution in [-0.4, -0.2) is 16.9 Å². The minimum atomic E-state index is 0.614. The van der Waals surface area contributed by atoms with Gasteiger partial charge in [-0.05, 0) is 48.2 Å². The SMILES string of the molecule is Cc1ccc(C2=NCC(n3c(-c4ccc(-c5ccccc5)cc4)cc4c(C)cccc43)=CN2)cc1. The zero-order chi connectivity index (χ0) is 23.8. The second-order valence-corrected chi connectivity index (χ2v) is 9.13.